The smallest absolute Gasteiger partial charge is 0.0407 e. The van der Waals surface area contributed by atoms with Gasteiger partial charge in [0.05, 0.1) is 0 Å². The first-order valence-electron chi connectivity index (χ1n) is 6.82. The second-order valence-corrected chi connectivity index (χ2v) is 7.12. The highest BCUT2D eigenvalue weighted by atomic mass is 79.9. The summed E-state index contributed by atoms with van der Waals surface area (Å²) < 4.78 is 0. The zero-order valence-electron chi connectivity index (χ0n) is 12.0. The third-order valence-electron chi connectivity index (χ3n) is 4.13. The van der Waals surface area contributed by atoms with Crippen molar-refractivity contribution in [2.45, 2.75) is 39.4 Å². The van der Waals surface area contributed by atoms with Gasteiger partial charge < -0.3 is 4.90 Å². The minimum atomic E-state index is 0.425. The first-order valence-corrected chi connectivity index (χ1v) is 7.94. The van der Waals surface area contributed by atoms with E-state index < -0.39 is 0 Å². The lowest BCUT2D eigenvalue weighted by atomic mass is 9.80. The van der Waals surface area contributed by atoms with Gasteiger partial charge in [0.2, 0.25) is 0 Å². The van der Waals surface area contributed by atoms with Gasteiger partial charge in [0.25, 0.3) is 0 Å². The first-order chi connectivity index (χ1) is 8.41. The monoisotopic (exact) mass is 309 g/mol. The number of hydrogen-bond acceptors (Lipinski definition) is 1. The molecule has 0 radical (unpaired) electrons. The molecule has 1 aromatic carbocycles. The quantitative estimate of drug-likeness (QED) is 0.712. The average molecular weight is 310 g/mol. The third-order valence-corrected chi connectivity index (χ3v) is 4.74. The van der Waals surface area contributed by atoms with Crippen molar-refractivity contribution < 1.29 is 0 Å². The summed E-state index contributed by atoms with van der Waals surface area (Å²) in [5, 5.41) is 0.945. The molecule has 0 bridgehead atoms. The molecule has 18 heavy (non-hydrogen) atoms. The fourth-order valence-electron chi connectivity index (χ4n) is 2.82. The summed E-state index contributed by atoms with van der Waals surface area (Å²) in [5.41, 5.74) is 4.61. The van der Waals surface area contributed by atoms with E-state index in [0.29, 0.717) is 5.41 Å². The number of aryl methyl sites for hydroxylation is 1. The lowest BCUT2D eigenvalue weighted by molar-refractivity contribution is 0.263. The molecule has 1 heterocycles. The standard InChI is InChI=1S/C16H24BrN/c1-12-5-6-15(13(9-12)10-17)18-8-7-14(11-18)16(2,3)4/h5-6,9,14H,7-8,10-11H2,1-4H3. The van der Waals surface area contributed by atoms with Crippen LogP contribution in [0.15, 0.2) is 18.2 Å². The third kappa shape index (κ3) is 2.90. The maximum atomic E-state index is 3.62. The highest BCUT2D eigenvalue weighted by Gasteiger charge is 2.32. The Morgan fingerprint density at radius 2 is 2.06 bits per heavy atom. The van der Waals surface area contributed by atoms with Gasteiger partial charge in [0.1, 0.15) is 0 Å². The van der Waals surface area contributed by atoms with Crippen molar-refractivity contribution in [2.75, 3.05) is 18.0 Å². The Morgan fingerprint density at radius 1 is 1.33 bits per heavy atom. The molecule has 1 unspecified atom stereocenters. The van der Waals surface area contributed by atoms with E-state index >= 15 is 0 Å². The molecule has 1 atom stereocenters. The van der Waals surface area contributed by atoms with Crippen LogP contribution in [0.5, 0.6) is 0 Å². The van der Waals surface area contributed by atoms with E-state index in [1.165, 1.54) is 36.3 Å². The number of benzene rings is 1. The lowest BCUT2D eigenvalue weighted by Crippen LogP contribution is -2.26. The van der Waals surface area contributed by atoms with Crippen molar-refractivity contribution in [3.8, 4) is 0 Å². The highest BCUT2D eigenvalue weighted by molar-refractivity contribution is 9.08. The molecule has 1 aliphatic heterocycles. The van der Waals surface area contributed by atoms with Crippen molar-refractivity contribution >= 4 is 21.6 Å². The molecule has 0 spiro atoms. The molecule has 1 nitrogen and oxygen atoms in total. The summed E-state index contributed by atoms with van der Waals surface area (Å²) in [6.07, 6.45) is 1.32. The van der Waals surface area contributed by atoms with Gasteiger partial charge in [-0.2, -0.15) is 0 Å². The Hall–Kier alpha value is -0.500. The van der Waals surface area contributed by atoms with Gasteiger partial charge >= 0.3 is 0 Å². The van der Waals surface area contributed by atoms with Crippen LogP contribution in [0, 0.1) is 18.3 Å². The Bertz CT molecular complexity index is 420. The molecule has 0 N–H and O–H groups in total. The number of anilines is 1. The molecular formula is C16H24BrN. The van der Waals surface area contributed by atoms with E-state index in [1.807, 2.05) is 0 Å². The predicted molar refractivity (Wildman–Crippen MR) is 83.6 cm³/mol. The lowest BCUT2D eigenvalue weighted by Gasteiger charge is -2.28. The van der Waals surface area contributed by atoms with Crippen LogP contribution in [0.3, 0.4) is 0 Å². The minimum absolute atomic E-state index is 0.425. The summed E-state index contributed by atoms with van der Waals surface area (Å²) in [5.74, 6) is 0.807. The maximum absolute atomic E-state index is 3.62. The van der Waals surface area contributed by atoms with Crippen LogP contribution in [0.4, 0.5) is 5.69 Å². The van der Waals surface area contributed by atoms with Gasteiger partial charge in [0.15, 0.2) is 0 Å². The molecule has 1 aliphatic rings. The van der Waals surface area contributed by atoms with Gasteiger partial charge in [-0.1, -0.05) is 54.4 Å². The van der Waals surface area contributed by atoms with Crippen LogP contribution in [-0.4, -0.2) is 13.1 Å². The van der Waals surface area contributed by atoms with Crippen LogP contribution in [0.2, 0.25) is 0 Å². The van der Waals surface area contributed by atoms with E-state index in [-0.39, 0.29) is 0 Å². The van der Waals surface area contributed by atoms with Gasteiger partial charge in [-0.25, -0.2) is 0 Å². The number of nitrogens with zero attached hydrogens (tertiary/aromatic N) is 1. The predicted octanol–water partition coefficient (Wildman–Crippen LogP) is 4.76. The average Bonchev–Trinajstić information content (AvgIpc) is 2.77. The Labute approximate surface area is 120 Å². The van der Waals surface area contributed by atoms with Crippen molar-refractivity contribution in [1.29, 1.82) is 0 Å². The number of hydrogen-bond donors (Lipinski definition) is 0. The van der Waals surface area contributed by atoms with Gasteiger partial charge in [-0.05, 0) is 36.3 Å². The van der Waals surface area contributed by atoms with E-state index in [4.69, 9.17) is 0 Å². The van der Waals surface area contributed by atoms with E-state index in [1.54, 1.807) is 0 Å². The molecular weight excluding hydrogens is 286 g/mol. The summed E-state index contributed by atoms with van der Waals surface area (Å²) in [6, 6.07) is 6.82. The van der Waals surface area contributed by atoms with Crippen LogP contribution in [0.1, 0.15) is 38.3 Å². The van der Waals surface area contributed by atoms with E-state index in [2.05, 4.69) is 66.7 Å². The van der Waals surface area contributed by atoms with Gasteiger partial charge in [-0.3, -0.25) is 0 Å². The molecule has 0 aromatic heterocycles. The second kappa shape index (κ2) is 5.24. The molecule has 0 aliphatic carbocycles. The topological polar surface area (TPSA) is 3.24 Å². The van der Waals surface area contributed by atoms with Crippen LogP contribution in [0.25, 0.3) is 0 Å². The van der Waals surface area contributed by atoms with Crippen molar-refractivity contribution in [3.05, 3.63) is 29.3 Å². The Kier molecular flexibility index (Phi) is 4.05. The molecule has 2 rings (SSSR count). The molecule has 1 saturated heterocycles. The molecule has 1 fully saturated rings. The molecule has 100 valence electrons. The summed E-state index contributed by atoms with van der Waals surface area (Å²) in [6.45, 7) is 11.7. The van der Waals surface area contributed by atoms with Crippen molar-refractivity contribution in [1.82, 2.24) is 0 Å². The fourth-order valence-corrected chi connectivity index (χ4v) is 3.26. The summed E-state index contributed by atoms with van der Waals surface area (Å²) in [7, 11) is 0. The highest BCUT2D eigenvalue weighted by Crippen LogP contribution is 2.37. The van der Waals surface area contributed by atoms with E-state index in [9.17, 15) is 0 Å². The zero-order valence-corrected chi connectivity index (χ0v) is 13.5. The molecule has 1 aromatic rings. The van der Waals surface area contributed by atoms with Crippen LogP contribution in [-0.2, 0) is 5.33 Å². The van der Waals surface area contributed by atoms with Gasteiger partial charge in [-0.15, -0.1) is 0 Å². The second-order valence-electron chi connectivity index (χ2n) is 6.56. The summed E-state index contributed by atoms with van der Waals surface area (Å²) in [4.78, 5) is 2.56. The SMILES string of the molecule is Cc1ccc(N2CCC(C(C)(C)C)C2)c(CBr)c1. The Morgan fingerprint density at radius 3 is 2.61 bits per heavy atom. The largest absolute Gasteiger partial charge is 0.371 e. The zero-order chi connectivity index (χ0) is 13.3. The fraction of sp³-hybridized carbons (Fsp3) is 0.625. The minimum Gasteiger partial charge on any atom is -0.371 e. The number of halogens is 1. The van der Waals surface area contributed by atoms with Crippen LogP contribution < -0.4 is 4.90 Å². The van der Waals surface area contributed by atoms with Crippen LogP contribution >= 0.6 is 15.9 Å². The number of rotatable bonds is 2. The maximum Gasteiger partial charge on any atom is 0.0407 e. The number of alkyl halides is 1. The normalized spacial score (nSPS) is 20.5. The first kappa shape index (κ1) is 13.9. The van der Waals surface area contributed by atoms with Gasteiger partial charge in [0, 0.05) is 24.1 Å². The van der Waals surface area contributed by atoms with E-state index in [0.717, 1.165) is 11.2 Å². The molecule has 2 heteroatoms. The van der Waals surface area contributed by atoms with Crippen molar-refractivity contribution in [3.63, 3.8) is 0 Å². The molecule has 0 saturated carbocycles. The van der Waals surface area contributed by atoms with Crippen molar-refractivity contribution in [2.24, 2.45) is 11.3 Å². The Balaban J connectivity index is 2.19. The molecule has 0 amide bonds. The summed E-state index contributed by atoms with van der Waals surface area (Å²) >= 11 is 3.62.